The minimum atomic E-state index is 0.724. The molecule has 0 heteroatoms. The van der Waals surface area contributed by atoms with Crippen LogP contribution in [0.1, 0.15) is 46.5 Å². The van der Waals surface area contributed by atoms with E-state index in [1.54, 1.807) is 0 Å². The monoisotopic (exact) mass is 140 g/mol. The van der Waals surface area contributed by atoms with Gasteiger partial charge in [0.1, 0.15) is 0 Å². The predicted molar refractivity (Wildman–Crippen MR) is 48.1 cm³/mol. The third-order valence-electron chi connectivity index (χ3n) is 1.50. The molecule has 0 nitrogen and oxygen atoms in total. The van der Waals surface area contributed by atoms with Gasteiger partial charge in [-0.2, -0.15) is 0 Å². The van der Waals surface area contributed by atoms with Crippen molar-refractivity contribution >= 4 is 0 Å². The highest BCUT2D eigenvalue weighted by atomic mass is 13.9. The van der Waals surface area contributed by atoms with Crippen LogP contribution in [0.5, 0.6) is 0 Å². The molecule has 0 atom stereocenters. The third-order valence-corrected chi connectivity index (χ3v) is 1.50. The zero-order chi connectivity index (χ0) is 7.82. The van der Waals surface area contributed by atoms with Crippen molar-refractivity contribution in [1.82, 2.24) is 0 Å². The molecule has 0 fully saturated rings. The molecule has 0 unspecified atom stereocenters. The van der Waals surface area contributed by atoms with Crippen LogP contribution in [0.25, 0.3) is 0 Å². The van der Waals surface area contributed by atoms with Crippen molar-refractivity contribution in [2.45, 2.75) is 46.5 Å². The fourth-order valence-electron chi connectivity index (χ4n) is 0.881. The van der Waals surface area contributed by atoms with E-state index >= 15 is 0 Å². The molecule has 0 saturated heterocycles. The summed E-state index contributed by atoms with van der Waals surface area (Å²) in [4.78, 5) is 0. The molecule has 0 N–H and O–H groups in total. The zero-order valence-electron chi connectivity index (χ0n) is 7.56. The Morgan fingerprint density at radius 3 is 2.40 bits per heavy atom. The molecule has 0 amide bonds. The van der Waals surface area contributed by atoms with E-state index in [1.165, 1.54) is 25.7 Å². The molecule has 0 aliphatic rings. The maximum atomic E-state index is 2.31. The molecule has 60 valence electrons. The molecular weight excluding hydrogens is 120 g/mol. The van der Waals surface area contributed by atoms with Crippen LogP contribution in [-0.2, 0) is 0 Å². The van der Waals surface area contributed by atoms with E-state index in [0.717, 1.165) is 5.92 Å². The fraction of sp³-hybridized carbons (Fsp3) is 0.800. The van der Waals surface area contributed by atoms with Crippen LogP contribution in [0.2, 0.25) is 0 Å². The average Bonchev–Trinajstić information content (AvgIpc) is 1.87. The normalized spacial score (nSPS) is 11.6. The largest absolute Gasteiger partial charge is 0.0883 e. The summed E-state index contributed by atoms with van der Waals surface area (Å²) in [5.41, 5.74) is 0. The van der Waals surface area contributed by atoms with E-state index in [2.05, 4.69) is 32.9 Å². The first-order valence-electron chi connectivity index (χ1n) is 4.44. The quantitative estimate of drug-likeness (QED) is 0.402. The summed E-state index contributed by atoms with van der Waals surface area (Å²) in [6.07, 6.45) is 9.93. The Kier molecular flexibility index (Phi) is 6.68. The number of allylic oxidation sites excluding steroid dienone is 2. The Morgan fingerprint density at radius 1 is 1.20 bits per heavy atom. The Labute approximate surface area is 65.3 Å². The van der Waals surface area contributed by atoms with Gasteiger partial charge in [0, 0.05) is 0 Å². The second-order valence-electron chi connectivity index (χ2n) is 3.17. The average molecular weight is 140 g/mol. The van der Waals surface area contributed by atoms with Crippen molar-refractivity contribution in [3.05, 3.63) is 12.2 Å². The van der Waals surface area contributed by atoms with Gasteiger partial charge in [-0.15, -0.1) is 0 Å². The van der Waals surface area contributed by atoms with Crippen LogP contribution in [0.4, 0.5) is 0 Å². The lowest BCUT2D eigenvalue weighted by molar-refractivity contribution is 0.723. The van der Waals surface area contributed by atoms with Gasteiger partial charge in [0.05, 0.1) is 0 Å². The van der Waals surface area contributed by atoms with Crippen molar-refractivity contribution in [3.8, 4) is 0 Å². The minimum absolute atomic E-state index is 0.724. The summed E-state index contributed by atoms with van der Waals surface area (Å²) in [5, 5.41) is 0. The SMILES string of the molecule is CCCCC/C=C\C(C)C. The lowest BCUT2D eigenvalue weighted by atomic mass is 10.1. The van der Waals surface area contributed by atoms with Gasteiger partial charge in [-0.3, -0.25) is 0 Å². The molecule has 10 heavy (non-hydrogen) atoms. The summed E-state index contributed by atoms with van der Waals surface area (Å²) in [6.45, 7) is 6.68. The molecule has 0 aromatic carbocycles. The molecule has 0 heterocycles. The third kappa shape index (κ3) is 7.74. The van der Waals surface area contributed by atoms with Crippen molar-refractivity contribution in [3.63, 3.8) is 0 Å². The number of hydrogen-bond donors (Lipinski definition) is 0. The Morgan fingerprint density at radius 2 is 1.90 bits per heavy atom. The van der Waals surface area contributed by atoms with Crippen LogP contribution in [0.3, 0.4) is 0 Å². The van der Waals surface area contributed by atoms with Gasteiger partial charge < -0.3 is 0 Å². The van der Waals surface area contributed by atoms with Gasteiger partial charge in [-0.05, 0) is 18.8 Å². The molecule has 0 spiro atoms. The lowest BCUT2D eigenvalue weighted by Gasteiger charge is -1.94. The van der Waals surface area contributed by atoms with Crippen LogP contribution < -0.4 is 0 Å². The van der Waals surface area contributed by atoms with Crippen LogP contribution in [0, 0.1) is 5.92 Å². The van der Waals surface area contributed by atoms with Gasteiger partial charge in [0.2, 0.25) is 0 Å². The number of rotatable bonds is 5. The van der Waals surface area contributed by atoms with E-state index in [0.29, 0.717) is 0 Å². The molecule has 0 saturated carbocycles. The smallest absolute Gasteiger partial charge is 0.0290 e. The topological polar surface area (TPSA) is 0 Å². The summed E-state index contributed by atoms with van der Waals surface area (Å²) < 4.78 is 0. The van der Waals surface area contributed by atoms with Crippen LogP contribution in [-0.4, -0.2) is 0 Å². The summed E-state index contributed by atoms with van der Waals surface area (Å²) in [6, 6.07) is 0. The van der Waals surface area contributed by atoms with Crippen molar-refractivity contribution in [2.75, 3.05) is 0 Å². The molecule has 0 bridgehead atoms. The van der Waals surface area contributed by atoms with E-state index in [1.807, 2.05) is 0 Å². The first-order chi connectivity index (χ1) is 4.77. The van der Waals surface area contributed by atoms with Crippen molar-refractivity contribution in [1.29, 1.82) is 0 Å². The van der Waals surface area contributed by atoms with Gasteiger partial charge in [0.15, 0.2) is 0 Å². The first kappa shape index (κ1) is 9.74. The highest BCUT2D eigenvalue weighted by molar-refractivity contribution is 4.83. The fourth-order valence-corrected chi connectivity index (χ4v) is 0.881. The molecule has 0 aromatic heterocycles. The summed E-state index contributed by atoms with van der Waals surface area (Å²) >= 11 is 0. The standard InChI is InChI=1S/C10H20/c1-4-5-6-7-8-9-10(2)3/h8-10H,4-7H2,1-3H3/b9-8-. The number of hydrogen-bond acceptors (Lipinski definition) is 0. The molecule has 0 radical (unpaired) electrons. The number of unbranched alkanes of at least 4 members (excludes halogenated alkanes) is 3. The van der Waals surface area contributed by atoms with E-state index in [4.69, 9.17) is 0 Å². The Hall–Kier alpha value is -0.260. The van der Waals surface area contributed by atoms with Gasteiger partial charge in [-0.1, -0.05) is 45.8 Å². The second-order valence-corrected chi connectivity index (χ2v) is 3.17. The molecule has 0 aliphatic carbocycles. The van der Waals surface area contributed by atoms with Gasteiger partial charge in [-0.25, -0.2) is 0 Å². The lowest BCUT2D eigenvalue weighted by Crippen LogP contribution is -1.77. The zero-order valence-corrected chi connectivity index (χ0v) is 7.56. The highest BCUT2D eigenvalue weighted by Crippen LogP contribution is 2.01. The predicted octanol–water partition coefficient (Wildman–Crippen LogP) is 3.78. The summed E-state index contributed by atoms with van der Waals surface area (Å²) in [5.74, 6) is 0.724. The highest BCUT2D eigenvalue weighted by Gasteiger charge is 1.83. The van der Waals surface area contributed by atoms with Gasteiger partial charge in [0.25, 0.3) is 0 Å². The maximum Gasteiger partial charge on any atom is -0.0290 e. The van der Waals surface area contributed by atoms with Crippen molar-refractivity contribution in [2.24, 2.45) is 5.92 Å². The molecule has 0 aliphatic heterocycles. The van der Waals surface area contributed by atoms with Gasteiger partial charge >= 0.3 is 0 Å². The van der Waals surface area contributed by atoms with E-state index in [9.17, 15) is 0 Å². The van der Waals surface area contributed by atoms with E-state index < -0.39 is 0 Å². The van der Waals surface area contributed by atoms with Crippen LogP contribution >= 0.6 is 0 Å². The minimum Gasteiger partial charge on any atom is -0.0883 e. The molecular formula is C10H20. The summed E-state index contributed by atoms with van der Waals surface area (Å²) in [7, 11) is 0. The van der Waals surface area contributed by atoms with E-state index in [-0.39, 0.29) is 0 Å². The van der Waals surface area contributed by atoms with Crippen molar-refractivity contribution < 1.29 is 0 Å². The molecule has 0 rings (SSSR count). The second kappa shape index (κ2) is 6.85. The first-order valence-corrected chi connectivity index (χ1v) is 4.44. The Balaban J connectivity index is 3.02. The Bertz CT molecular complexity index is 80.0. The maximum absolute atomic E-state index is 2.31. The van der Waals surface area contributed by atoms with Crippen LogP contribution in [0.15, 0.2) is 12.2 Å². The molecule has 0 aromatic rings.